The number of anilines is 3. The Morgan fingerprint density at radius 2 is 2.00 bits per heavy atom. The highest BCUT2D eigenvalue weighted by Crippen LogP contribution is 2.36. The SMILES string of the molecule is COc1c(Br)cccc1Nc1cc(NC(=O)C2CC2)ncc1C(=O)CC(O)(O)O. The number of nitrogens with zero attached hydrogens (tertiary/aromatic N) is 1. The Morgan fingerprint density at radius 1 is 1.28 bits per heavy atom. The van der Waals surface area contributed by atoms with Crippen molar-refractivity contribution in [3.8, 4) is 5.75 Å². The summed E-state index contributed by atoms with van der Waals surface area (Å²) in [6, 6.07) is 6.71. The van der Waals surface area contributed by atoms with Crippen LogP contribution in [-0.4, -0.2) is 45.1 Å². The molecule has 0 bridgehead atoms. The van der Waals surface area contributed by atoms with Gasteiger partial charge in [0, 0.05) is 18.2 Å². The normalized spacial score (nSPS) is 13.7. The molecule has 1 aliphatic carbocycles. The number of halogens is 1. The van der Waals surface area contributed by atoms with Crippen molar-refractivity contribution >= 4 is 44.8 Å². The van der Waals surface area contributed by atoms with E-state index in [4.69, 9.17) is 20.1 Å². The molecule has 3 rings (SSSR count). The van der Waals surface area contributed by atoms with Crippen LogP contribution < -0.4 is 15.4 Å². The van der Waals surface area contributed by atoms with E-state index in [1.807, 2.05) is 0 Å². The standard InChI is InChI=1S/C19H20BrN3O6/c1-29-17-12(20)3-2-4-13(17)22-14-7-16(23-18(25)10-5-6-10)21-9-11(14)15(24)8-19(26,27)28/h2-4,7,9-10,26-28H,5-6,8H2,1H3,(H2,21,22,23,25). The molecule has 154 valence electrons. The van der Waals surface area contributed by atoms with Gasteiger partial charge in [-0.05, 0) is 40.9 Å². The average Bonchev–Trinajstić information content (AvgIpc) is 3.46. The first-order chi connectivity index (χ1) is 13.7. The fourth-order valence-corrected chi connectivity index (χ4v) is 3.22. The Balaban J connectivity index is 1.96. The Morgan fingerprint density at radius 3 is 2.62 bits per heavy atom. The van der Waals surface area contributed by atoms with E-state index in [-0.39, 0.29) is 28.9 Å². The number of hydrogen-bond acceptors (Lipinski definition) is 8. The lowest BCUT2D eigenvalue weighted by molar-refractivity contribution is -0.306. The van der Waals surface area contributed by atoms with Crippen LogP contribution in [0, 0.1) is 5.92 Å². The largest absolute Gasteiger partial charge is 0.493 e. The third-order valence-corrected chi connectivity index (χ3v) is 4.87. The van der Waals surface area contributed by atoms with Crippen LogP contribution in [0.15, 0.2) is 34.9 Å². The number of rotatable bonds is 8. The molecule has 0 spiro atoms. The molecular formula is C19H20BrN3O6. The zero-order chi connectivity index (χ0) is 21.2. The number of hydrogen-bond donors (Lipinski definition) is 5. The van der Waals surface area contributed by atoms with Gasteiger partial charge in [0.2, 0.25) is 5.91 Å². The van der Waals surface area contributed by atoms with Crippen molar-refractivity contribution in [1.29, 1.82) is 0 Å². The minimum Gasteiger partial charge on any atom is -0.493 e. The molecule has 0 unspecified atom stereocenters. The maximum atomic E-state index is 12.5. The Kier molecular flexibility index (Phi) is 6.18. The van der Waals surface area contributed by atoms with Gasteiger partial charge in [-0.25, -0.2) is 4.98 Å². The fourth-order valence-electron chi connectivity index (χ4n) is 2.69. The molecule has 0 aliphatic heterocycles. The summed E-state index contributed by atoms with van der Waals surface area (Å²) in [7, 11) is 1.49. The van der Waals surface area contributed by atoms with Gasteiger partial charge in [0.05, 0.1) is 34.9 Å². The minimum atomic E-state index is -3.15. The summed E-state index contributed by atoms with van der Waals surface area (Å²) in [6.07, 6.45) is 1.90. The summed E-state index contributed by atoms with van der Waals surface area (Å²) in [4.78, 5) is 28.6. The number of amides is 1. The van der Waals surface area contributed by atoms with E-state index in [0.717, 1.165) is 12.8 Å². The molecule has 1 aliphatic rings. The second-order valence-corrected chi connectivity index (χ2v) is 7.55. The van der Waals surface area contributed by atoms with Gasteiger partial charge in [-0.2, -0.15) is 0 Å². The van der Waals surface area contributed by atoms with Crippen molar-refractivity contribution < 1.29 is 29.6 Å². The number of aromatic nitrogens is 1. The number of para-hydroxylation sites is 1. The van der Waals surface area contributed by atoms with Gasteiger partial charge < -0.3 is 30.7 Å². The summed E-state index contributed by atoms with van der Waals surface area (Å²) >= 11 is 3.38. The Hall–Kier alpha value is -2.53. The summed E-state index contributed by atoms with van der Waals surface area (Å²) in [5, 5.41) is 33.2. The van der Waals surface area contributed by atoms with Crippen LogP contribution in [0.2, 0.25) is 0 Å². The van der Waals surface area contributed by atoms with Gasteiger partial charge in [0.1, 0.15) is 5.82 Å². The van der Waals surface area contributed by atoms with Gasteiger partial charge in [0.25, 0.3) is 5.97 Å². The van der Waals surface area contributed by atoms with E-state index in [0.29, 0.717) is 15.9 Å². The highest BCUT2D eigenvalue weighted by Gasteiger charge is 2.30. The summed E-state index contributed by atoms with van der Waals surface area (Å²) < 4.78 is 6.04. The summed E-state index contributed by atoms with van der Waals surface area (Å²) in [5.41, 5.74) is 0.763. The molecule has 9 nitrogen and oxygen atoms in total. The average molecular weight is 466 g/mol. The van der Waals surface area contributed by atoms with Gasteiger partial charge >= 0.3 is 0 Å². The lowest BCUT2D eigenvalue weighted by Gasteiger charge is -2.18. The van der Waals surface area contributed by atoms with Crippen LogP contribution in [0.25, 0.3) is 0 Å². The Bertz CT molecular complexity index is 940. The number of methoxy groups -OCH3 is 1. The molecule has 1 fully saturated rings. The van der Waals surface area contributed by atoms with E-state index in [9.17, 15) is 9.59 Å². The zero-order valence-corrected chi connectivity index (χ0v) is 17.1. The molecule has 1 aromatic heterocycles. The third-order valence-electron chi connectivity index (χ3n) is 4.24. The molecule has 29 heavy (non-hydrogen) atoms. The number of ketones is 1. The van der Waals surface area contributed by atoms with Gasteiger partial charge in [-0.15, -0.1) is 0 Å². The number of carbonyl (C=O) groups excluding carboxylic acids is 2. The van der Waals surface area contributed by atoms with E-state index in [1.165, 1.54) is 19.4 Å². The van der Waals surface area contributed by atoms with Crippen LogP contribution >= 0.6 is 15.9 Å². The number of nitrogens with one attached hydrogen (secondary N) is 2. The molecule has 0 atom stereocenters. The van der Waals surface area contributed by atoms with Crippen molar-refractivity contribution in [3.63, 3.8) is 0 Å². The lowest BCUT2D eigenvalue weighted by atomic mass is 10.1. The third kappa shape index (κ3) is 5.51. The number of Topliss-reactive ketones (excluding diaryl/α,β-unsaturated/α-hetero) is 1. The van der Waals surface area contributed by atoms with Crippen LogP contribution in [-0.2, 0) is 4.79 Å². The number of pyridine rings is 1. The molecule has 0 radical (unpaired) electrons. The number of ether oxygens (including phenoxy) is 1. The molecule has 1 saturated carbocycles. The quantitative estimate of drug-likeness (QED) is 0.295. The van der Waals surface area contributed by atoms with Crippen LogP contribution in [0.3, 0.4) is 0 Å². The van der Waals surface area contributed by atoms with E-state index in [1.54, 1.807) is 18.2 Å². The molecule has 1 aromatic carbocycles. The van der Waals surface area contributed by atoms with Crippen molar-refractivity contribution in [2.45, 2.75) is 25.2 Å². The maximum absolute atomic E-state index is 12.5. The van der Waals surface area contributed by atoms with E-state index >= 15 is 0 Å². The molecule has 5 N–H and O–H groups in total. The minimum absolute atomic E-state index is 0.00188. The molecular weight excluding hydrogens is 446 g/mol. The monoisotopic (exact) mass is 465 g/mol. The van der Waals surface area contributed by atoms with Gasteiger partial charge in [-0.3, -0.25) is 9.59 Å². The van der Waals surface area contributed by atoms with Crippen molar-refractivity contribution in [2.75, 3.05) is 17.7 Å². The smallest absolute Gasteiger partial charge is 0.282 e. The fraction of sp³-hybridized carbons (Fsp3) is 0.316. The topological polar surface area (TPSA) is 141 Å². The number of carbonyl (C=O) groups is 2. The number of aliphatic hydroxyl groups is 3. The first-order valence-electron chi connectivity index (χ1n) is 8.78. The van der Waals surface area contributed by atoms with Crippen molar-refractivity contribution in [2.24, 2.45) is 5.92 Å². The zero-order valence-electron chi connectivity index (χ0n) is 15.5. The highest BCUT2D eigenvalue weighted by atomic mass is 79.9. The highest BCUT2D eigenvalue weighted by molar-refractivity contribution is 9.10. The number of benzene rings is 1. The van der Waals surface area contributed by atoms with Gasteiger partial charge in [0.15, 0.2) is 11.5 Å². The van der Waals surface area contributed by atoms with Gasteiger partial charge in [-0.1, -0.05) is 6.07 Å². The molecule has 1 amide bonds. The molecule has 2 aromatic rings. The predicted molar refractivity (Wildman–Crippen MR) is 108 cm³/mol. The second-order valence-electron chi connectivity index (χ2n) is 6.70. The summed E-state index contributed by atoms with van der Waals surface area (Å²) in [5.74, 6) is -3.38. The molecule has 1 heterocycles. The first kappa shape index (κ1) is 21.2. The molecule has 10 heteroatoms. The van der Waals surface area contributed by atoms with E-state index in [2.05, 4.69) is 31.5 Å². The molecule has 0 saturated heterocycles. The Labute approximate surface area is 174 Å². The van der Waals surface area contributed by atoms with Crippen LogP contribution in [0.5, 0.6) is 5.75 Å². The van der Waals surface area contributed by atoms with Crippen LogP contribution in [0.1, 0.15) is 29.6 Å². The lowest BCUT2D eigenvalue weighted by Crippen LogP contribution is -2.30. The summed E-state index contributed by atoms with van der Waals surface area (Å²) in [6.45, 7) is 0. The van der Waals surface area contributed by atoms with E-state index < -0.39 is 18.2 Å². The van der Waals surface area contributed by atoms with Crippen molar-refractivity contribution in [3.05, 3.63) is 40.5 Å². The van der Waals surface area contributed by atoms with Crippen molar-refractivity contribution in [1.82, 2.24) is 4.98 Å². The second kappa shape index (κ2) is 8.46. The maximum Gasteiger partial charge on any atom is 0.282 e. The first-order valence-corrected chi connectivity index (χ1v) is 9.58. The predicted octanol–water partition coefficient (Wildman–Crippen LogP) is 2.15. The van der Waals surface area contributed by atoms with Crippen LogP contribution in [0.4, 0.5) is 17.2 Å².